The molecule has 0 unspecified atom stereocenters. The number of nitrogens with one attached hydrogen (secondary N) is 1. The summed E-state index contributed by atoms with van der Waals surface area (Å²) in [5.41, 5.74) is 2.82. The number of hydrogen-bond acceptors (Lipinski definition) is 4. The number of amides is 2. The molecule has 2 atom stereocenters. The SMILES string of the molecule is CC[C@@H](C)NC(=O)[C@H](Cc1ccccc1)N(Cc1ccccc1Cl)C(=O)CN(c1ccc(C(C)(C)C)cc1)S(C)(=O)=O. The maximum Gasteiger partial charge on any atom is 0.244 e. The van der Waals surface area contributed by atoms with E-state index in [9.17, 15) is 18.0 Å². The van der Waals surface area contributed by atoms with Crippen LogP contribution in [0.5, 0.6) is 0 Å². The molecule has 0 saturated heterocycles. The minimum absolute atomic E-state index is 0.0322. The van der Waals surface area contributed by atoms with Gasteiger partial charge >= 0.3 is 0 Å². The molecule has 0 heterocycles. The molecule has 0 aliphatic carbocycles. The van der Waals surface area contributed by atoms with Crippen molar-refractivity contribution in [3.63, 3.8) is 0 Å². The van der Waals surface area contributed by atoms with Gasteiger partial charge in [0, 0.05) is 24.0 Å². The van der Waals surface area contributed by atoms with Crippen molar-refractivity contribution < 1.29 is 18.0 Å². The molecule has 0 radical (unpaired) electrons. The third kappa shape index (κ3) is 9.07. The van der Waals surface area contributed by atoms with Gasteiger partial charge in [0.1, 0.15) is 12.6 Å². The summed E-state index contributed by atoms with van der Waals surface area (Å²) < 4.78 is 27.1. The van der Waals surface area contributed by atoms with Crippen LogP contribution in [0.4, 0.5) is 5.69 Å². The van der Waals surface area contributed by atoms with Crippen LogP contribution >= 0.6 is 11.6 Å². The van der Waals surface area contributed by atoms with E-state index in [-0.39, 0.29) is 30.3 Å². The zero-order valence-corrected chi connectivity index (χ0v) is 26.9. The fourth-order valence-electron chi connectivity index (χ4n) is 4.55. The highest BCUT2D eigenvalue weighted by Crippen LogP contribution is 2.27. The lowest BCUT2D eigenvalue weighted by Crippen LogP contribution is -2.54. The number of carbonyl (C=O) groups is 2. The molecular formula is C33H42ClN3O4S. The third-order valence-corrected chi connectivity index (χ3v) is 8.78. The van der Waals surface area contributed by atoms with Gasteiger partial charge in [0.05, 0.1) is 11.9 Å². The van der Waals surface area contributed by atoms with Gasteiger partial charge in [0.15, 0.2) is 0 Å². The zero-order chi connectivity index (χ0) is 31.1. The van der Waals surface area contributed by atoms with Crippen LogP contribution in [-0.2, 0) is 38.0 Å². The molecule has 2 amide bonds. The second-order valence-electron chi connectivity index (χ2n) is 11.7. The summed E-state index contributed by atoms with van der Waals surface area (Å²) in [7, 11) is -3.84. The number of nitrogens with zero attached hydrogens (tertiary/aromatic N) is 2. The Morgan fingerprint density at radius 2 is 1.52 bits per heavy atom. The van der Waals surface area contributed by atoms with Crippen LogP contribution in [0.2, 0.25) is 5.02 Å². The largest absolute Gasteiger partial charge is 0.352 e. The smallest absolute Gasteiger partial charge is 0.244 e. The Balaban J connectivity index is 2.07. The topological polar surface area (TPSA) is 86.8 Å². The van der Waals surface area contributed by atoms with Crippen molar-refractivity contribution in [2.45, 2.75) is 71.5 Å². The van der Waals surface area contributed by atoms with Crippen LogP contribution in [0.1, 0.15) is 57.7 Å². The highest BCUT2D eigenvalue weighted by molar-refractivity contribution is 7.92. The Bertz CT molecular complexity index is 1450. The predicted octanol–water partition coefficient (Wildman–Crippen LogP) is 5.96. The van der Waals surface area contributed by atoms with E-state index in [1.807, 2.05) is 62.4 Å². The predicted molar refractivity (Wildman–Crippen MR) is 171 cm³/mol. The lowest BCUT2D eigenvalue weighted by molar-refractivity contribution is -0.140. The maximum atomic E-state index is 14.2. The van der Waals surface area contributed by atoms with Crippen LogP contribution in [-0.4, -0.2) is 50.0 Å². The molecular weight excluding hydrogens is 570 g/mol. The average Bonchev–Trinajstić information content (AvgIpc) is 2.93. The first-order valence-corrected chi connectivity index (χ1v) is 16.4. The molecule has 1 N–H and O–H groups in total. The molecule has 0 aliphatic heterocycles. The van der Waals surface area contributed by atoms with Crippen LogP contribution in [0.3, 0.4) is 0 Å². The summed E-state index contributed by atoms with van der Waals surface area (Å²) in [5, 5.41) is 3.48. The van der Waals surface area contributed by atoms with Crippen molar-refractivity contribution in [2.75, 3.05) is 17.1 Å². The van der Waals surface area contributed by atoms with E-state index < -0.39 is 28.5 Å². The standard InChI is InChI=1S/C33H42ClN3O4S/c1-7-24(2)35-32(39)30(21-25-13-9-8-10-14-25)36(22-26-15-11-12-16-29(26)34)31(38)23-37(42(6,40)41)28-19-17-27(18-20-28)33(3,4)5/h8-20,24,30H,7,21-23H2,1-6H3,(H,35,39)/t24-,30+/m1/s1. The molecule has 0 saturated carbocycles. The lowest BCUT2D eigenvalue weighted by atomic mass is 9.87. The molecule has 0 fully saturated rings. The van der Waals surface area contributed by atoms with Gasteiger partial charge in [0.2, 0.25) is 21.8 Å². The van der Waals surface area contributed by atoms with E-state index in [2.05, 4.69) is 26.1 Å². The van der Waals surface area contributed by atoms with Gasteiger partial charge in [0.25, 0.3) is 0 Å². The van der Waals surface area contributed by atoms with Crippen LogP contribution in [0.25, 0.3) is 0 Å². The third-order valence-electron chi connectivity index (χ3n) is 7.27. The Kier molecular flexibility index (Phi) is 11.2. The summed E-state index contributed by atoms with van der Waals surface area (Å²) in [6, 6.07) is 22.7. The van der Waals surface area contributed by atoms with Crippen molar-refractivity contribution in [1.29, 1.82) is 0 Å². The summed E-state index contributed by atoms with van der Waals surface area (Å²) in [4.78, 5) is 29.4. The van der Waals surface area contributed by atoms with Crippen molar-refractivity contribution in [3.05, 3.63) is 101 Å². The fourth-order valence-corrected chi connectivity index (χ4v) is 5.59. The van der Waals surface area contributed by atoms with E-state index in [1.54, 1.807) is 30.3 Å². The van der Waals surface area contributed by atoms with E-state index in [0.29, 0.717) is 22.7 Å². The summed E-state index contributed by atoms with van der Waals surface area (Å²) in [5.74, 6) is -0.825. The van der Waals surface area contributed by atoms with Crippen LogP contribution < -0.4 is 9.62 Å². The fraction of sp³-hybridized carbons (Fsp3) is 0.394. The summed E-state index contributed by atoms with van der Waals surface area (Å²) in [6.07, 6.45) is 2.04. The van der Waals surface area contributed by atoms with Crippen LogP contribution in [0, 0.1) is 0 Å². The average molecular weight is 612 g/mol. The molecule has 0 aromatic heterocycles. The summed E-state index contributed by atoms with van der Waals surface area (Å²) in [6.45, 7) is 9.66. The monoisotopic (exact) mass is 611 g/mol. The summed E-state index contributed by atoms with van der Waals surface area (Å²) >= 11 is 6.51. The van der Waals surface area contributed by atoms with Gasteiger partial charge in [-0.1, -0.05) is 100.0 Å². The normalized spacial score (nSPS) is 13.2. The van der Waals surface area contributed by atoms with E-state index in [1.165, 1.54) is 4.90 Å². The van der Waals surface area contributed by atoms with E-state index in [0.717, 1.165) is 21.7 Å². The van der Waals surface area contributed by atoms with E-state index in [4.69, 9.17) is 11.6 Å². The second-order valence-corrected chi connectivity index (χ2v) is 14.0. The Labute approximate surface area is 255 Å². The van der Waals surface area contributed by atoms with Crippen molar-refractivity contribution in [1.82, 2.24) is 10.2 Å². The maximum absolute atomic E-state index is 14.2. The molecule has 226 valence electrons. The molecule has 42 heavy (non-hydrogen) atoms. The first-order valence-electron chi connectivity index (χ1n) is 14.2. The molecule has 9 heteroatoms. The molecule has 3 rings (SSSR count). The Morgan fingerprint density at radius 1 is 0.929 bits per heavy atom. The number of carbonyl (C=O) groups excluding carboxylic acids is 2. The molecule has 3 aromatic carbocycles. The lowest BCUT2D eigenvalue weighted by Gasteiger charge is -2.34. The van der Waals surface area contributed by atoms with Gasteiger partial charge in [-0.2, -0.15) is 0 Å². The minimum atomic E-state index is -3.84. The van der Waals surface area contributed by atoms with Gasteiger partial charge in [-0.25, -0.2) is 8.42 Å². The minimum Gasteiger partial charge on any atom is -0.352 e. The Morgan fingerprint density at radius 3 is 2.07 bits per heavy atom. The van der Waals surface area contributed by atoms with E-state index >= 15 is 0 Å². The Hall–Kier alpha value is -3.36. The molecule has 7 nitrogen and oxygen atoms in total. The van der Waals surface area contributed by atoms with Crippen molar-refractivity contribution >= 4 is 39.1 Å². The number of halogens is 1. The molecule has 0 spiro atoms. The highest BCUT2D eigenvalue weighted by atomic mass is 35.5. The number of rotatable bonds is 12. The van der Waals surface area contributed by atoms with Gasteiger partial charge in [-0.15, -0.1) is 0 Å². The van der Waals surface area contributed by atoms with Crippen molar-refractivity contribution in [2.24, 2.45) is 0 Å². The first kappa shape index (κ1) is 33.1. The number of anilines is 1. The van der Waals surface area contributed by atoms with Gasteiger partial charge in [-0.3, -0.25) is 13.9 Å². The molecule has 3 aromatic rings. The molecule has 0 bridgehead atoms. The zero-order valence-electron chi connectivity index (χ0n) is 25.3. The number of sulfonamides is 1. The number of hydrogen-bond donors (Lipinski definition) is 1. The molecule has 0 aliphatic rings. The number of benzene rings is 3. The second kappa shape index (κ2) is 14.2. The highest BCUT2D eigenvalue weighted by Gasteiger charge is 2.33. The van der Waals surface area contributed by atoms with Gasteiger partial charge in [-0.05, 0) is 53.6 Å². The van der Waals surface area contributed by atoms with Gasteiger partial charge < -0.3 is 10.2 Å². The first-order chi connectivity index (χ1) is 19.7. The quantitative estimate of drug-likeness (QED) is 0.274. The van der Waals surface area contributed by atoms with Crippen LogP contribution in [0.15, 0.2) is 78.9 Å². The van der Waals surface area contributed by atoms with Crippen molar-refractivity contribution in [3.8, 4) is 0 Å².